The number of hydrogen-bond acceptors (Lipinski definition) is 6. The Morgan fingerprint density at radius 1 is 1.23 bits per heavy atom. The van der Waals surface area contributed by atoms with E-state index in [0.717, 1.165) is 6.20 Å². The van der Waals surface area contributed by atoms with Crippen LogP contribution in [0.3, 0.4) is 0 Å². The highest BCUT2D eigenvalue weighted by Crippen LogP contribution is 2.33. The third kappa shape index (κ3) is 3.76. The number of benzene rings is 1. The number of aromatic carboxylic acids is 1. The molecule has 0 spiro atoms. The molecule has 0 amide bonds. The van der Waals surface area contributed by atoms with Gasteiger partial charge in [0.15, 0.2) is 11.6 Å². The molecule has 0 saturated carbocycles. The first-order chi connectivity index (χ1) is 14.2. The van der Waals surface area contributed by atoms with Crippen molar-refractivity contribution in [2.75, 3.05) is 29.5 Å². The minimum atomic E-state index is -1.50. The van der Waals surface area contributed by atoms with E-state index in [0.29, 0.717) is 12.4 Å². The fraction of sp³-hybridized carbons (Fsp3) is 0.250. The Morgan fingerprint density at radius 3 is 2.53 bits per heavy atom. The molecule has 1 aromatic carbocycles. The largest absolute Gasteiger partial charge is 0.477 e. The Bertz CT molecular complexity index is 1160. The summed E-state index contributed by atoms with van der Waals surface area (Å²) in [6.07, 6.45) is 2.65. The summed E-state index contributed by atoms with van der Waals surface area (Å²) in [4.78, 5) is 28.1. The fourth-order valence-electron chi connectivity index (χ4n) is 3.13. The van der Waals surface area contributed by atoms with Gasteiger partial charge in [0.1, 0.15) is 17.1 Å². The molecular weight excluding hydrogens is 396 g/mol. The normalized spacial score (nSPS) is 11.1. The highest BCUT2D eigenvalue weighted by Gasteiger charge is 2.26. The summed E-state index contributed by atoms with van der Waals surface area (Å²) in [5, 5.41) is 14.4. The number of carbonyl (C=O) groups is 1. The Balaban J connectivity index is 2.04. The van der Waals surface area contributed by atoms with Crippen LogP contribution in [0.15, 0.2) is 35.4 Å². The van der Waals surface area contributed by atoms with E-state index in [-0.39, 0.29) is 12.1 Å². The predicted molar refractivity (Wildman–Crippen MR) is 111 cm³/mol. The number of carboxylic acids is 1. The van der Waals surface area contributed by atoms with Crippen molar-refractivity contribution in [3.8, 4) is 0 Å². The van der Waals surface area contributed by atoms with Crippen LogP contribution < -0.4 is 21.8 Å². The fourth-order valence-corrected chi connectivity index (χ4v) is 3.13. The van der Waals surface area contributed by atoms with Gasteiger partial charge < -0.3 is 26.0 Å². The molecule has 0 bridgehead atoms. The smallest absolute Gasteiger partial charge is 0.341 e. The maximum Gasteiger partial charge on any atom is 0.341 e. The first-order valence-electron chi connectivity index (χ1n) is 9.21. The summed E-state index contributed by atoms with van der Waals surface area (Å²) in [6.45, 7) is 3.80. The lowest BCUT2D eigenvalue weighted by molar-refractivity contribution is 0.0694. The maximum atomic E-state index is 15.3. The van der Waals surface area contributed by atoms with E-state index < -0.39 is 51.4 Å². The van der Waals surface area contributed by atoms with Gasteiger partial charge in [0.05, 0.1) is 16.6 Å². The third-order valence-electron chi connectivity index (χ3n) is 4.57. The van der Waals surface area contributed by atoms with Gasteiger partial charge >= 0.3 is 5.97 Å². The molecule has 0 aliphatic heterocycles. The number of fused-ring (bicyclic) bond motifs is 1. The highest BCUT2D eigenvalue weighted by atomic mass is 19.1. The van der Waals surface area contributed by atoms with Crippen molar-refractivity contribution < 1.29 is 18.7 Å². The van der Waals surface area contributed by atoms with Gasteiger partial charge in [0.25, 0.3) is 0 Å². The molecule has 8 nitrogen and oxygen atoms in total. The van der Waals surface area contributed by atoms with Crippen LogP contribution in [0.2, 0.25) is 0 Å². The lowest BCUT2D eigenvalue weighted by atomic mass is 10.1. The number of nitrogens with one attached hydrogen (secondary N) is 2. The third-order valence-corrected chi connectivity index (χ3v) is 4.57. The number of aromatic nitrogens is 2. The van der Waals surface area contributed by atoms with Crippen molar-refractivity contribution in [1.82, 2.24) is 9.55 Å². The number of nitrogens with zero attached hydrogens (tertiary/aromatic N) is 2. The first kappa shape index (κ1) is 21.0. The number of nitrogens with two attached hydrogens (primary N) is 1. The van der Waals surface area contributed by atoms with Gasteiger partial charge in [0.2, 0.25) is 5.43 Å². The SMILES string of the molecule is CC(C)n1cc(C(=O)O)c(=O)c2c(N)c(F)c(NCCNc3ccccn3)c(F)c21. The van der Waals surface area contributed by atoms with Gasteiger partial charge in [-0.3, -0.25) is 4.79 Å². The minimum absolute atomic E-state index is 0.133. The molecule has 0 aliphatic carbocycles. The van der Waals surface area contributed by atoms with Crippen LogP contribution in [-0.4, -0.2) is 33.7 Å². The van der Waals surface area contributed by atoms with Crippen LogP contribution in [0.25, 0.3) is 10.9 Å². The van der Waals surface area contributed by atoms with Gasteiger partial charge in [-0.05, 0) is 26.0 Å². The number of rotatable bonds is 7. The van der Waals surface area contributed by atoms with Crippen molar-refractivity contribution in [2.45, 2.75) is 19.9 Å². The average Bonchev–Trinajstić information content (AvgIpc) is 2.71. The molecule has 2 aromatic heterocycles. The van der Waals surface area contributed by atoms with E-state index in [2.05, 4.69) is 15.6 Å². The number of hydrogen-bond donors (Lipinski definition) is 4. The van der Waals surface area contributed by atoms with Crippen LogP contribution in [0.5, 0.6) is 0 Å². The second kappa shape index (κ2) is 8.36. The maximum absolute atomic E-state index is 15.3. The van der Waals surface area contributed by atoms with E-state index in [1.807, 2.05) is 0 Å². The molecule has 0 saturated heterocycles. The Labute approximate surface area is 170 Å². The van der Waals surface area contributed by atoms with Gasteiger partial charge in [-0.15, -0.1) is 0 Å². The lowest BCUT2D eigenvalue weighted by Gasteiger charge is -2.20. The molecule has 3 aromatic rings. The van der Waals surface area contributed by atoms with Crippen LogP contribution in [0.4, 0.5) is 26.0 Å². The Morgan fingerprint density at radius 2 is 1.93 bits per heavy atom. The standard InChI is InChI=1S/C20H21F2N5O3/c1-10(2)27-9-11(20(29)30)19(28)13-16(23)14(21)17(15(22)18(13)27)26-8-7-25-12-5-3-4-6-24-12/h3-6,9-10,26H,7-8,23H2,1-2H3,(H,24,25)(H,29,30). The summed E-state index contributed by atoms with van der Waals surface area (Å²) >= 11 is 0. The molecular formula is C20H21F2N5O3. The highest BCUT2D eigenvalue weighted by molar-refractivity contribution is 5.99. The number of halogens is 2. The number of nitrogen functional groups attached to an aromatic ring is 1. The minimum Gasteiger partial charge on any atom is -0.477 e. The number of anilines is 3. The summed E-state index contributed by atoms with van der Waals surface area (Å²) in [7, 11) is 0. The second-order valence-corrected chi connectivity index (χ2v) is 6.89. The number of pyridine rings is 2. The summed E-state index contributed by atoms with van der Waals surface area (Å²) in [5.74, 6) is -3.06. The average molecular weight is 417 g/mol. The molecule has 10 heteroatoms. The van der Waals surface area contributed by atoms with E-state index >= 15 is 4.39 Å². The molecule has 158 valence electrons. The van der Waals surface area contributed by atoms with E-state index in [1.165, 1.54) is 4.57 Å². The molecule has 5 N–H and O–H groups in total. The van der Waals surface area contributed by atoms with Crippen molar-refractivity contribution in [1.29, 1.82) is 0 Å². The zero-order valence-electron chi connectivity index (χ0n) is 16.4. The molecule has 0 atom stereocenters. The molecule has 0 fully saturated rings. The second-order valence-electron chi connectivity index (χ2n) is 6.89. The Kier molecular flexibility index (Phi) is 5.86. The van der Waals surface area contributed by atoms with Crippen LogP contribution in [-0.2, 0) is 0 Å². The van der Waals surface area contributed by atoms with Gasteiger partial charge in [0, 0.05) is 31.5 Å². The van der Waals surface area contributed by atoms with E-state index in [1.54, 1.807) is 38.2 Å². The van der Waals surface area contributed by atoms with E-state index in [4.69, 9.17) is 5.73 Å². The summed E-state index contributed by atoms with van der Waals surface area (Å²) in [6, 6.07) is 4.89. The van der Waals surface area contributed by atoms with Crippen LogP contribution in [0.1, 0.15) is 30.2 Å². The molecule has 0 aliphatic rings. The molecule has 0 unspecified atom stereocenters. The number of carboxylic acid groups (broad SMARTS) is 1. The predicted octanol–water partition coefficient (Wildman–Crippen LogP) is 3.06. The molecule has 2 heterocycles. The molecule has 30 heavy (non-hydrogen) atoms. The zero-order valence-corrected chi connectivity index (χ0v) is 16.4. The lowest BCUT2D eigenvalue weighted by Crippen LogP contribution is -2.23. The quantitative estimate of drug-likeness (QED) is 0.344. The Hall–Kier alpha value is -3.69. The zero-order chi connectivity index (χ0) is 22.0. The summed E-state index contributed by atoms with van der Waals surface area (Å²) in [5.41, 5.74) is 2.83. The van der Waals surface area contributed by atoms with Crippen molar-refractivity contribution in [2.24, 2.45) is 0 Å². The monoisotopic (exact) mass is 417 g/mol. The summed E-state index contributed by atoms with van der Waals surface area (Å²) < 4.78 is 31.4. The molecule has 3 rings (SSSR count). The van der Waals surface area contributed by atoms with Gasteiger partial charge in [-0.25, -0.2) is 18.6 Å². The van der Waals surface area contributed by atoms with Gasteiger partial charge in [-0.1, -0.05) is 6.07 Å². The topological polar surface area (TPSA) is 122 Å². The van der Waals surface area contributed by atoms with Crippen molar-refractivity contribution in [3.05, 3.63) is 58.0 Å². The molecule has 0 radical (unpaired) electrons. The van der Waals surface area contributed by atoms with E-state index in [9.17, 15) is 19.1 Å². The van der Waals surface area contributed by atoms with Crippen molar-refractivity contribution >= 4 is 34.1 Å². The van der Waals surface area contributed by atoms with Crippen molar-refractivity contribution in [3.63, 3.8) is 0 Å². The van der Waals surface area contributed by atoms with Crippen LogP contribution >= 0.6 is 0 Å². The van der Waals surface area contributed by atoms with Gasteiger partial charge in [-0.2, -0.15) is 0 Å². The van der Waals surface area contributed by atoms with Crippen LogP contribution in [0, 0.1) is 11.6 Å². The first-order valence-corrected chi connectivity index (χ1v) is 9.21.